The Morgan fingerprint density at radius 3 is 2.73 bits per heavy atom. The standard InChI is InChI=1S/C22H31N3O4S/c1-27-13-14-28-18-25-12-9-23-22(25)19-7-10-24(11-8-19)21(26)17-30-16-15-29-20-5-3-2-4-6-20/h2-6,9,12,19H,7-8,10-11,13-18H2,1H3. The summed E-state index contributed by atoms with van der Waals surface area (Å²) in [6.45, 7) is 3.80. The molecule has 1 saturated heterocycles. The van der Waals surface area contributed by atoms with E-state index in [9.17, 15) is 4.79 Å². The molecule has 3 rings (SSSR count). The third-order valence-corrected chi connectivity index (χ3v) is 5.99. The summed E-state index contributed by atoms with van der Waals surface area (Å²) in [5.74, 6) is 3.80. The Bertz CT molecular complexity index is 748. The van der Waals surface area contributed by atoms with E-state index in [4.69, 9.17) is 14.2 Å². The number of hydrogen-bond donors (Lipinski definition) is 0. The number of rotatable bonds is 12. The quantitative estimate of drug-likeness (QED) is 0.480. The molecule has 0 spiro atoms. The van der Waals surface area contributed by atoms with Crippen LogP contribution in [0.3, 0.4) is 0 Å². The lowest BCUT2D eigenvalue weighted by Gasteiger charge is -2.32. The van der Waals surface area contributed by atoms with E-state index in [2.05, 4.69) is 9.55 Å². The van der Waals surface area contributed by atoms with E-state index in [-0.39, 0.29) is 5.91 Å². The molecule has 1 aliphatic rings. The van der Waals surface area contributed by atoms with E-state index in [0.29, 0.717) is 38.2 Å². The molecular weight excluding hydrogens is 402 g/mol. The second-order valence-corrected chi connectivity index (χ2v) is 8.26. The van der Waals surface area contributed by atoms with Gasteiger partial charge in [-0.3, -0.25) is 4.79 Å². The van der Waals surface area contributed by atoms with Crippen molar-refractivity contribution >= 4 is 17.7 Å². The van der Waals surface area contributed by atoms with Crippen LogP contribution in [0.2, 0.25) is 0 Å². The van der Waals surface area contributed by atoms with Gasteiger partial charge in [-0.25, -0.2) is 4.98 Å². The second-order valence-electron chi connectivity index (χ2n) is 7.15. The van der Waals surface area contributed by atoms with Crippen LogP contribution in [0, 0.1) is 0 Å². The number of amides is 1. The van der Waals surface area contributed by atoms with Gasteiger partial charge in [-0.05, 0) is 25.0 Å². The molecule has 0 unspecified atom stereocenters. The lowest BCUT2D eigenvalue weighted by atomic mass is 9.96. The predicted molar refractivity (Wildman–Crippen MR) is 118 cm³/mol. The summed E-state index contributed by atoms with van der Waals surface area (Å²) in [6, 6.07) is 9.76. The van der Waals surface area contributed by atoms with Crippen LogP contribution in [0.5, 0.6) is 5.75 Å². The molecule has 1 aliphatic heterocycles. The Morgan fingerprint density at radius 1 is 1.17 bits per heavy atom. The molecule has 0 saturated carbocycles. The maximum Gasteiger partial charge on any atom is 0.232 e. The van der Waals surface area contributed by atoms with Crippen LogP contribution in [-0.2, 0) is 21.0 Å². The van der Waals surface area contributed by atoms with Gasteiger partial charge in [0.1, 0.15) is 18.3 Å². The zero-order valence-electron chi connectivity index (χ0n) is 17.6. The summed E-state index contributed by atoms with van der Waals surface area (Å²) in [6.07, 6.45) is 5.64. The predicted octanol–water partition coefficient (Wildman–Crippen LogP) is 3.02. The van der Waals surface area contributed by atoms with Gasteiger partial charge in [-0.2, -0.15) is 0 Å². The van der Waals surface area contributed by atoms with Gasteiger partial charge >= 0.3 is 0 Å². The second kappa shape index (κ2) is 12.6. The molecule has 30 heavy (non-hydrogen) atoms. The number of aromatic nitrogens is 2. The number of ether oxygens (including phenoxy) is 3. The highest BCUT2D eigenvalue weighted by Gasteiger charge is 2.26. The number of piperidine rings is 1. The largest absolute Gasteiger partial charge is 0.493 e. The number of nitrogens with zero attached hydrogens (tertiary/aromatic N) is 3. The van der Waals surface area contributed by atoms with E-state index in [1.807, 2.05) is 47.6 Å². The van der Waals surface area contributed by atoms with Crippen LogP contribution in [0.4, 0.5) is 0 Å². The van der Waals surface area contributed by atoms with Crippen LogP contribution in [0.15, 0.2) is 42.7 Å². The lowest BCUT2D eigenvalue weighted by molar-refractivity contribution is -0.129. The van der Waals surface area contributed by atoms with Gasteiger partial charge in [0.25, 0.3) is 0 Å². The highest BCUT2D eigenvalue weighted by atomic mass is 32.2. The van der Waals surface area contributed by atoms with Crippen molar-refractivity contribution in [2.75, 3.05) is 51.5 Å². The number of imidazole rings is 1. The van der Waals surface area contributed by atoms with Crippen LogP contribution < -0.4 is 4.74 Å². The third kappa shape index (κ3) is 7.04. The summed E-state index contributed by atoms with van der Waals surface area (Å²) in [7, 11) is 1.66. The number of thioether (sulfide) groups is 1. The molecule has 0 aliphatic carbocycles. The third-order valence-electron chi connectivity index (χ3n) is 5.09. The normalized spacial score (nSPS) is 14.8. The lowest BCUT2D eigenvalue weighted by Crippen LogP contribution is -2.39. The average molecular weight is 434 g/mol. The SMILES string of the molecule is COCCOCn1ccnc1C1CCN(C(=O)CSCCOc2ccccc2)CC1. The molecular formula is C22H31N3O4S. The van der Waals surface area contributed by atoms with E-state index < -0.39 is 0 Å². The first-order chi connectivity index (χ1) is 14.8. The van der Waals surface area contributed by atoms with E-state index in [1.54, 1.807) is 18.9 Å². The topological polar surface area (TPSA) is 65.8 Å². The van der Waals surface area contributed by atoms with Crippen LogP contribution >= 0.6 is 11.8 Å². The number of carbonyl (C=O) groups excluding carboxylic acids is 1. The molecule has 2 heterocycles. The van der Waals surface area contributed by atoms with Gasteiger partial charge in [-0.1, -0.05) is 18.2 Å². The molecule has 1 aromatic heterocycles. The number of carbonyl (C=O) groups is 1. The summed E-state index contributed by atoms with van der Waals surface area (Å²) >= 11 is 1.63. The van der Waals surface area contributed by atoms with Gasteiger partial charge in [0.05, 0.1) is 25.6 Å². The summed E-state index contributed by atoms with van der Waals surface area (Å²) in [4.78, 5) is 19.0. The number of para-hydroxylation sites is 1. The maximum absolute atomic E-state index is 12.5. The average Bonchev–Trinajstić information content (AvgIpc) is 3.26. The van der Waals surface area contributed by atoms with Gasteiger partial charge in [0.2, 0.25) is 5.91 Å². The smallest absolute Gasteiger partial charge is 0.232 e. The van der Waals surface area contributed by atoms with Gasteiger partial charge in [0.15, 0.2) is 0 Å². The van der Waals surface area contributed by atoms with Crippen molar-refractivity contribution in [3.05, 3.63) is 48.5 Å². The van der Waals surface area contributed by atoms with Crippen molar-refractivity contribution in [2.45, 2.75) is 25.5 Å². The summed E-state index contributed by atoms with van der Waals surface area (Å²) in [5, 5.41) is 0. The fourth-order valence-electron chi connectivity index (χ4n) is 3.47. The van der Waals surface area contributed by atoms with Gasteiger partial charge < -0.3 is 23.7 Å². The molecule has 0 bridgehead atoms. The molecule has 0 N–H and O–H groups in total. The Kier molecular flexibility index (Phi) is 9.53. The molecule has 7 nitrogen and oxygen atoms in total. The Hall–Kier alpha value is -2.03. The molecule has 1 aromatic carbocycles. The highest BCUT2D eigenvalue weighted by molar-refractivity contribution is 7.99. The fraction of sp³-hybridized carbons (Fsp3) is 0.545. The van der Waals surface area contributed by atoms with E-state index >= 15 is 0 Å². The Morgan fingerprint density at radius 2 is 1.97 bits per heavy atom. The van der Waals surface area contributed by atoms with Crippen molar-refractivity contribution in [3.63, 3.8) is 0 Å². The first-order valence-corrected chi connectivity index (χ1v) is 11.5. The van der Waals surface area contributed by atoms with Crippen LogP contribution in [-0.4, -0.2) is 71.9 Å². The minimum absolute atomic E-state index is 0.212. The summed E-state index contributed by atoms with van der Waals surface area (Å²) in [5.41, 5.74) is 0. The van der Waals surface area contributed by atoms with E-state index in [1.165, 1.54) is 0 Å². The number of likely N-dealkylation sites (tertiary alicyclic amines) is 1. The van der Waals surface area contributed by atoms with Crippen LogP contribution in [0.25, 0.3) is 0 Å². The maximum atomic E-state index is 12.5. The minimum atomic E-state index is 0.212. The van der Waals surface area contributed by atoms with Gasteiger partial charge in [-0.15, -0.1) is 11.8 Å². The van der Waals surface area contributed by atoms with E-state index in [0.717, 1.165) is 43.3 Å². The Labute approximate surface area is 182 Å². The molecule has 164 valence electrons. The monoisotopic (exact) mass is 433 g/mol. The van der Waals surface area contributed by atoms with Crippen LogP contribution in [0.1, 0.15) is 24.6 Å². The molecule has 0 atom stereocenters. The number of hydrogen-bond acceptors (Lipinski definition) is 6. The highest BCUT2D eigenvalue weighted by Crippen LogP contribution is 2.27. The van der Waals surface area contributed by atoms with Gasteiger partial charge in [0, 0.05) is 44.3 Å². The zero-order chi connectivity index (χ0) is 21.0. The fourth-order valence-corrected chi connectivity index (χ4v) is 4.17. The minimum Gasteiger partial charge on any atom is -0.493 e. The zero-order valence-corrected chi connectivity index (χ0v) is 18.4. The molecule has 0 radical (unpaired) electrons. The molecule has 1 fully saturated rings. The first-order valence-electron chi connectivity index (χ1n) is 10.4. The Balaban J connectivity index is 1.33. The molecule has 8 heteroatoms. The first kappa shape index (κ1) is 22.7. The van der Waals surface area contributed by atoms with Crippen molar-refractivity contribution in [3.8, 4) is 5.75 Å². The number of methoxy groups -OCH3 is 1. The molecule has 1 amide bonds. The summed E-state index contributed by atoms with van der Waals surface area (Å²) < 4.78 is 18.4. The van der Waals surface area contributed by atoms with Crippen molar-refractivity contribution in [1.29, 1.82) is 0 Å². The van der Waals surface area contributed by atoms with Crippen molar-refractivity contribution in [1.82, 2.24) is 14.5 Å². The number of benzene rings is 1. The van der Waals surface area contributed by atoms with Crippen molar-refractivity contribution < 1.29 is 19.0 Å². The van der Waals surface area contributed by atoms with Crippen molar-refractivity contribution in [2.24, 2.45) is 0 Å². The molecule has 2 aromatic rings.